The quantitative estimate of drug-likeness (QED) is 0.555. The summed E-state index contributed by atoms with van der Waals surface area (Å²) in [7, 11) is 1.68. The van der Waals surface area contributed by atoms with Crippen molar-refractivity contribution in [3.63, 3.8) is 0 Å². The molecule has 0 unspecified atom stereocenters. The van der Waals surface area contributed by atoms with Crippen molar-refractivity contribution >= 4 is 11.6 Å². The van der Waals surface area contributed by atoms with Crippen LogP contribution < -0.4 is 10.3 Å². The maximum Gasteiger partial charge on any atom is 0.247 e. The van der Waals surface area contributed by atoms with Gasteiger partial charge in [0.15, 0.2) is 0 Å². The zero-order valence-corrected chi connectivity index (χ0v) is 7.90. The van der Waals surface area contributed by atoms with Gasteiger partial charge in [0.1, 0.15) is 6.54 Å². The van der Waals surface area contributed by atoms with Gasteiger partial charge in [-0.1, -0.05) is 23.4 Å². The predicted octanol–water partition coefficient (Wildman–Crippen LogP) is 1.18. The Kier molecular flexibility index (Phi) is 3.60. The van der Waals surface area contributed by atoms with Crippen LogP contribution in [-0.2, 0) is 4.79 Å². The molecule has 1 rings (SSSR count). The first kappa shape index (κ1) is 10.2. The van der Waals surface area contributed by atoms with E-state index in [1.807, 2.05) is 30.3 Å². The maximum absolute atomic E-state index is 11.4. The predicted molar refractivity (Wildman–Crippen MR) is 53.0 cm³/mol. The SMILES string of the molecule is CN(C(=O)CNN=N)c1ccccc1. The molecule has 0 saturated heterocycles. The van der Waals surface area contributed by atoms with Gasteiger partial charge in [0.05, 0.1) is 0 Å². The maximum atomic E-state index is 11.4. The Morgan fingerprint density at radius 2 is 2.14 bits per heavy atom. The molecule has 2 N–H and O–H groups in total. The Balaban J connectivity index is 2.61. The number of likely N-dealkylation sites (N-methyl/N-ethyl adjacent to an activating group) is 1. The number of hydrogen-bond acceptors (Lipinski definition) is 3. The highest BCUT2D eigenvalue weighted by Crippen LogP contribution is 2.10. The van der Waals surface area contributed by atoms with Crippen molar-refractivity contribution in [3.05, 3.63) is 30.3 Å². The average molecular weight is 192 g/mol. The Labute approximate surface area is 82.2 Å². The summed E-state index contributed by atoms with van der Waals surface area (Å²) in [5.41, 5.74) is 9.61. The van der Waals surface area contributed by atoms with E-state index >= 15 is 0 Å². The minimum absolute atomic E-state index is 0.0366. The fourth-order valence-corrected chi connectivity index (χ4v) is 1.02. The van der Waals surface area contributed by atoms with E-state index in [1.165, 1.54) is 4.90 Å². The number of carbonyl (C=O) groups is 1. The van der Waals surface area contributed by atoms with Gasteiger partial charge in [0.2, 0.25) is 5.91 Å². The second kappa shape index (κ2) is 4.96. The summed E-state index contributed by atoms with van der Waals surface area (Å²) in [6, 6.07) is 9.30. The number of nitrogens with one attached hydrogen (secondary N) is 2. The molecule has 0 heterocycles. The lowest BCUT2D eigenvalue weighted by Gasteiger charge is -2.16. The highest BCUT2D eigenvalue weighted by molar-refractivity contribution is 5.94. The van der Waals surface area contributed by atoms with Crippen LogP contribution in [0.5, 0.6) is 0 Å². The number of carbonyl (C=O) groups excluding carboxylic acids is 1. The monoisotopic (exact) mass is 192 g/mol. The third-order valence-corrected chi connectivity index (χ3v) is 1.83. The van der Waals surface area contributed by atoms with Gasteiger partial charge in [-0.25, -0.2) is 0 Å². The van der Waals surface area contributed by atoms with Crippen LogP contribution in [0.25, 0.3) is 0 Å². The van der Waals surface area contributed by atoms with Gasteiger partial charge in [0, 0.05) is 12.7 Å². The van der Waals surface area contributed by atoms with E-state index < -0.39 is 0 Å². The van der Waals surface area contributed by atoms with Crippen LogP contribution in [0.1, 0.15) is 0 Å². The standard InChI is InChI=1S/C9H12N4O/c1-13(9(14)7-11-12-10)8-5-3-2-4-6-8/h2-6H,7H2,1H3,(H2,10,11). The first-order valence-electron chi connectivity index (χ1n) is 4.16. The van der Waals surface area contributed by atoms with E-state index in [9.17, 15) is 4.79 Å². The normalized spacial score (nSPS) is 9.21. The molecule has 0 aromatic heterocycles. The van der Waals surface area contributed by atoms with Crippen LogP contribution in [0.15, 0.2) is 35.6 Å². The number of benzene rings is 1. The molecule has 1 aromatic carbocycles. The van der Waals surface area contributed by atoms with E-state index in [-0.39, 0.29) is 12.5 Å². The van der Waals surface area contributed by atoms with Crippen molar-refractivity contribution in [1.29, 1.82) is 5.53 Å². The molecule has 0 fully saturated rings. The van der Waals surface area contributed by atoms with E-state index in [1.54, 1.807) is 7.05 Å². The number of para-hydroxylation sites is 1. The summed E-state index contributed by atoms with van der Waals surface area (Å²) in [6.45, 7) is 0.0366. The summed E-state index contributed by atoms with van der Waals surface area (Å²) < 4.78 is 0. The molecule has 0 aliphatic carbocycles. The zero-order chi connectivity index (χ0) is 10.4. The molecule has 1 amide bonds. The van der Waals surface area contributed by atoms with Crippen molar-refractivity contribution in [1.82, 2.24) is 5.43 Å². The van der Waals surface area contributed by atoms with Gasteiger partial charge in [-0.05, 0) is 12.1 Å². The Morgan fingerprint density at radius 3 is 2.71 bits per heavy atom. The number of anilines is 1. The van der Waals surface area contributed by atoms with Crippen LogP contribution in [-0.4, -0.2) is 19.5 Å². The topological polar surface area (TPSA) is 68.6 Å². The molecule has 0 aliphatic rings. The molecule has 0 saturated carbocycles. The molecule has 0 spiro atoms. The summed E-state index contributed by atoms with van der Waals surface area (Å²) in [4.78, 5) is 12.9. The third kappa shape index (κ3) is 2.55. The van der Waals surface area contributed by atoms with Crippen molar-refractivity contribution in [3.8, 4) is 0 Å². The Morgan fingerprint density at radius 1 is 1.50 bits per heavy atom. The summed E-state index contributed by atoms with van der Waals surface area (Å²) >= 11 is 0. The minimum Gasteiger partial charge on any atom is -0.314 e. The smallest absolute Gasteiger partial charge is 0.247 e. The van der Waals surface area contributed by atoms with Gasteiger partial charge in [-0.2, -0.15) is 5.53 Å². The third-order valence-electron chi connectivity index (χ3n) is 1.83. The molecule has 5 heteroatoms. The number of rotatable bonds is 4. The van der Waals surface area contributed by atoms with Gasteiger partial charge in [-0.3, -0.25) is 10.2 Å². The summed E-state index contributed by atoms with van der Waals surface area (Å²) in [6.07, 6.45) is 0. The van der Waals surface area contributed by atoms with E-state index in [2.05, 4.69) is 10.6 Å². The number of nitrogens with zero attached hydrogens (tertiary/aromatic N) is 2. The van der Waals surface area contributed by atoms with Crippen LogP contribution >= 0.6 is 0 Å². The molecule has 0 radical (unpaired) electrons. The summed E-state index contributed by atoms with van der Waals surface area (Å²) in [5.74, 6) is -0.132. The average Bonchev–Trinajstić information content (AvgIpc) is 2.26. The molecule has 0 bridgehead atoms. The van der Waals surface area contributed by atoms with Crippen LogP contribution in [0, 0.1) is 5.53 Å². The molecular formula is C9H12N4O. The highest BCUT2D eigenvalue weighted by atomic mass is 16.2. The first-order chi connectivity index (χ1) is 6.75. The first-order valence-corrected chi connectivity index (χ1v) is 4.16. The van der Waals surface area contributed by atoms with Gasteiger partial charge < -0.3 is 4.90 Å². The molecule has 5 nitrogen and oxygen atoms in total. The molecular weight excluding hydrogens is 180 g/mol. The fourth-order valence-electron chi connectivity index (χ4n) is 1.02. The highest BCUT2D eigenvalue weighted by Gasteiger charge is 2.08. The zero-order valence-electron chi connectivity index (χ0n) is 7.90. The van der Waals surface area contributed by atoms with Gasteiger partial charge >= 0.3 is 0 Å². The largest absolute Gasteiger partial charge is 0.314 e. The number of hydrogen-bond donors (Lipinski definition) is 2. The lowest BCUT2D eigenvalue weighted by molar-refractivity contribution is -0.117. The van der Waals surface area contributed by atoms with E-state index in [0.717, 1.165) is 5.69 Å². The van der Waals surface area contributed by atoms with Crippen LogP contribution in [0.4, 0.5) is 5.69 Å². The van der Waals surface area contributed by atoms with Crippen molar-refractivity contribution in [2.24, 2.45) is 5.22 Å². The molecule has 0 aliphatic heterocycles. The second-order valence-corrected chi connectivity index (χ2v) is 2.73. The number of amides is 1. The lowest BCUT2D eigenvalue weighted by atomic mass is 10.3. The molecule has 14 heavy (non-hydrogen) atoms. The second-order valence-electron chi connectivity index (χ2n) is 2.73. The minimum atomic E-state index is -0.132. The molecule has 0 atom stereocenters. The molecule has 1 aromatic rings. The van der Waals surface area contributed by atoms with Gasteiger partial charge in [-0.15, -0.1) is 0 Å². The van der Waals surface area contributed by atoms with Crippen LogP contribution in [0.2, 0.25) is 0 Å². The Bertz CT molecular complexity index is 312. The molecule has 74 valence electrons. The van der Waals surface area contributed by atoms with Crippen molar-refractivity contribution in [2.75, 3.05) is 18.5 Å². The van der Waals surface area contributed by atoms with Crippen molar-refractivity contribution in [2.45, 2.75) is 0 Å². The van der Waals surface area contributed by atoms with Gasteiger partial charge in [0.25, 0.3) is 0 Å². The van der Waals surface area contributed by atoms with E-state index in [0.29, 0.717) is 0 Å². The van der Waals surface area contributed by atoms with Crippen LogP contribution in [0.3, 0.4) is 0 Å². The Hall–Kier alpha value is -1.91. The van der Waals surface area contributed by atoms with E-state index in [4.69, 9.17) is 5.53 Å². The van der Waals surface area contributed by atoms with Crippen molar-refractivity contribution < 1.29 is 4.79 Å². The lowest BCUT2D eigenvalue weighted by Crippen LogP contribution is -2.33. The summed E-state index contributed by atoms with van der Waals surface area (Å²) in [5, 5.41) is 2.90. The fraction of sp³-hybridized carbons (Fsp3) is 0.222.